The lowest BCUT2D eigenvalue weighted by Gasteiger charge is -2.10. The van der Waals surface area contributed by atoms with E-state index in [1.54, 1.807) is 0 Å². The number of allylic oxidation sites excluding steroid dienone is 1. The average Bonchev–Trinajstić information content (AvgIpc) is 2.52. The zero-order valence-electron chi connectivity index (χ0n) is 8.97. The Labute approximate surface area is 86.4 Å². The van der Waals surface area contributed by atoms with Gasteiger partial charge >= 0.3 is 0 Å². The van der Waals surface area contributed by atoms with E-state index in [9.17, 15) is 0 Å². The molecule has 1 saturated carbocycles. The normalized spacial score (nSPS) is 27.6. The fourth-order valence-corrected chi connectivity index (χ4v) is 2.57. The second-order valence-corrected chi connectivity index (χ2v) is 5.20. The lowest BCUT2D eigenvalue weighted by Crippen LogP contribution is -2.26. The number of nitrogens with one attached hydrogen (secondary N) is 1. The molecule has 0 bridgehead atoms. The van der Waals surface area contributed by atoms with Crippen molar-refractivity contribution in [3.8, 4) is 0 Å². The van der Waals surface area contributed by atoms with Crippen molar-refractivity contribution < 1.29 is 0 Å². The third-order valence-corrected chi connectivity index (χ3v) is 3.73. The van der Waals surface area contributed by atoms with Gasteiger partial charge in [-0.25, -0.2) is 0 Å². The monoisotopic (exact) mass is 199 g/mol. The van der Waals surface area contributed by atoms with Crippen molar-refractivity contribution in [2.24, 2.45) is 0 Å². The van der Waals surface area contributed by atoms with E-state index in [1.165, 1.54) is 24.8 Å². The first-order valence-corrected chi connectivity index (χ1v) is 6.40. The first kappa shape index (κ1) is 11.1. The number of hydrogen-bond acceptors (Lipinski definition) is 2. The van der Waals surface area contributed by atoms with E-state index in [-0.39, 0.29) is 0 Å². The molecular formula is C11H21NS. The lowest BCUT2D eigenvalue weighted by atomic mass is 10.2. The molecule has 0 radical (unpaired) electrons. The van der Waals surface area contributed by atoms with Crippen molar-refractivity contribution in [2.45, 2.75) is 44.4 Å². The number of hydrogen-bond donors (Lipinski definition) is 1. The summed E-state index contributed by atoms with van der Waals surface area (Å²) in [6.45, 7) is 5.36. The van der Waals surface area contributed by atoms with Crippen LogP contribution in [-0.4, -0.2) is 24.1 Å². The van der Waals surface area contributed by atoms with Crippen LogP contribution in [0, 0.1) is 0 Å². The largest absolute Gasteiger partial charge is 0.310 e. The van der Waals surface area contributed by atoms with Crippen LogP contribution in [0.1, 0.15) is 33.1 Å². The molecule has 1 nitrogen and oxygen atoms in total. The molecule has 0 amide bonds. The molecule has 2 heteroatoms. The Morgan fingerprint density at radius 1 is 1.46 bits per heavy atom. The Morgan fingerprint density at radius 2 is 2.23 bits per heavy atom. The highest BCUT2D eigenvalue weighted by Crippen LogP contribution is 2.27. The fourth-order valence-electron chi connectivity index (χ4n) is 1.77. The van der Waals surface area contributed by atoms with Gasteiger partial charge < -0.3 is 5.32 Å². The van der Waals surface area contributed by atoms with Gasteiger partial charge in [0, 0.05) is 17.8 Å². The summed E-state index contributed by atoms with van der Waals surface area (Å²) in [7, 11) is 0. The molecule has 0 aliphatic heterocycles. The summed E-state index contributed by atoms with van der Waals surface area (Å²) in [5, 5.41) is 4.49. The number of thioether (sulfide) groups is 1. The zero-order valence-corrected chi connectivity index (χ0v) is 9.79. The molecule has 0 aromatic heterocycles. The van der Waals surface area contributed by atoms with Crippen LogP contribution in [0.15, 0.2) is 11.6 Å². The number of rotatable bonds is 4. The summed E-state index contributed by atoms with van der Waals surface area (Å²) in [5.74, 6) is 0. The molecule has 1 N–H and O–H groups in total. The zero-order chi connectivity index (χ0) is 9.68. The minimum absolute atomic E-state index is 0.771. The Hall–Kier alpha value is 0.0500. The Morgan fingerprint density at radius 3 is 2.77 bits per heavy atom. The summed E-state index contributed by atoms with van der Waals surface area (Å²) < 4.78 is 0. The second kappa shape index (κ2) is 5.71. The van der Waals surface area contributed by atoms with E-state index >= 15 is 0 Å². The van der Waals surface area contributed by atoms with Gasteiger partial charge in [-0.2, -0.15) is 11.8 Å². The van der Waals surface area contributed by atoms with E-state index in [2.05, 4.69) is 31.5 Å². The van der Waals surface area contributed by atoms with Crippen LogP contribution in [0.4, 0.5) is 0 Å². The van der Waals surface area contributed by atoms with E-state index in [4.69, 9.17) is 0 Å². The Bertz CT molecular complexity index is 173. The molecule has 0 aromatic rings. The summed E-state index contributed by atoms with van der Waals surface area (Å²) in [6.07, 6.45) is 8.61. The van der Waals surface area contributed by atoms with Crippen LogP contribution in [0.2, 0.25) is 0 Å². The molecule has 1 aliphatic carbocycles. The molecular weight excluding hydrogens is 178 g/mol. The topological polar surface area (TPSA) is 12.0 Å². The molecule has 2 unspecified atom stereocenters. The molecule has 1 rings (SSSR count). The SMILES string of the molecule is CSC1CCC(NCC=C(C)C)C1. The van der Waals surface area contributed by atoms with Crippen LogP contribution < -0.4 is 5.32 Å². The summed E-state index contributed by atoms with van der Waals surface area (Å²) in [6, 6.07) is 0.771. The van der Waals surface area contributed by atoms with Gasteiger partial charge in [0.2, 0.25) is 0 Å². The molecule has 0 spiro atoms. The van der Waals surface area contributed by atoms with Crippen LogP contribution in [0.25, 0.3) is 0 Å². The molecule has 1 aliphatic rings. The van der Waals surface area contributed by atoms with Gasteiger partial charge in [-0.1, -0.05) is 11.6 Å². The standard InChI is InChI=1S/C11H21NS/c1-9(2)6-7-12-10-4-5-11(8-10)13-3/h6,10-12H,4-5,7-8H2,1-3H3. The third kappa shape index (κ3) is 4.19. The Kier molecular flexibility index (Phi) is 4.89. The van der Waals surface area contributed by atoms with Crippen molar-refractivity contribution in [1.29, 1.82) is 0 Å². The highest BCUT2D eigenvalue weighted by molar-refractivity contribution is 7.99. The highest BCUT2D eigenvalue weighted by Gasteiger charge is 2.22. The van der Waals surface area contributed by atoms with Gasteiger partial charge in [0.15, 0.2) is 0 Å². The van der Waals surface area contributed by atoms with Crippen molar-refractivity contribution in [2.75, 3.05) is 12.8 Å². The molecule has 2 atom stereocenters. The van der Waals surface area contributed by atoms with E-state index < -0.39 is 0 Å². The average molecular weight is 199 g/mol. The van der Waals surface area contributed by atoms with E-state index in [0.29, 0.717) is 0 Å². The minimum Gasteiger partial charge on any atom is -0.310 e. The smallest absolute Gasteiger partial charge is 0.0139 e. The van der Waals surface area contributed by atoms with Crippen molar-refractivity contribution >= 4 is 11.8 Å². The van der Waals surface area contributed by atoms with Gasteiger partial charge in [0.05, 0.1) is 0 Å². The van der Waals surface area contributed by atoms with Crippen molar-refractivity contribution in [3.63, 3.8) is 0 Å². The lowest BCUT2D eigenvalue weighted by molar-refractivity contribution is 0.557. The summed E-state index contributed by atoms with van der Waals surface area (Å²) >= 11 is 2.02. The van der Waals surface area contributed by atoms with E-state index in [1.807, 2.05) is 11.8 Å². The third-order valence-electron chi connectivity index (χ3n) is 2.63. The molecule has 13 heavy (non-hydrogen) atoms. The predicted molar refractivity (Wildman–Crippen MR) is 62.4 cm³/mol. The molecule has 0 heterocycles. The molecule has 1 fully saturated rings. The van der Waals surface area contributed by atoms with E-state index in [0.717, 1.165) is 17.8 Å². The maximum Gasteiger partial charge on any atom is 0.0139 e. The van der Waals surface area contributed by atoms with Crippen LogP contribution in [-0.2, 0) is 0 Å². The summed E-state index contributed by atoms with van der Waals surface area (Å²) in [5.41, 5.74) is 1.41. The van der Waals surface area contributed by atoms with Gasteiger partial charge in [0.1, 0.15) is 0 Å². The quantitative estimate of drug-likeness (QED) is 0.699. The summed E-state index contributed by atoms with van der Waals surface area (Å²) in [4.78, 5) is 0. The maximum atomic E-state index is 3.59. The van der Waals surface area contributed by atoms with Crippen LogP contribution >= 0.6 is 11.8 Å². The molecule has 76 valence electrons. The molecule has 0 saturated heterocycles. The van der Waals surface area contributed by atoms with Crippen LogP contribution in [0.3, 0.4) is 0 Å². The van der Waals surface area contributed by atoms with Crippen LogP contribution in [0.5, 0.6) is 0 Å². The van der Waals surface area contributed by atoms with Gasteiger partial charge in [-0.05, 0) is 39.4 Å². The van der Waals surface area contributed by atoms with Crippen molar-refractivity contribution in [3.05, 3.63) is 11.6 Å². The van der Waals surface area contributed by atoms with Gasteiger partial charge in [-0.15, -0.1) is 0 Å². The second-order valence-electron chi connectivity index (χ2n) is 4.06. The first-order chi connectivity index (χ1) is 6.22. The molecule has 0 aromatic carbocycles. The van der Waals surface area contributed by atoms with Gasteiger partial charge in [0.25, 0.3) is 0 Å². The minimum atomic E-state index is 0.771. The van der Waals surface area contributed by atoms with Gasteiger partial charge in [-0.3, -0.25) is 0 Å². The first-order valence-electron chi connectivity index (χ1n) is 5.12. The van der Waals surface area contributed by atoms with Crippen molar-refractivity contribution in [1.82, 2.24) is 5.32 Å². The predicted octanol–water partition coefficient (Wildman–Crippen LogP) is 2.83. The maximum absolute atomic E-state index is 3.59. The highest BCUT2D eigenvalue weighted by atomic mass is 32.2. The Balaban J connectivity index is 2.14. The fraction of sp³-hybridized carbons (Fsp3) is 0.818.